The van der Waals surface area contributed by atoms with Gasteiger partial charge in [-0.1, -0.05) is 12.1 Å². The van der Waals surface area contributed by atoms with Gasteiger partial charge in [0, 0.05) is 6.54 Å². The number of nitrogens with two attached hydrogens (primary N) is 1. The molecule has 1 aromatic rings. The van der Waals surface area contributed by atoms with E-state index in [9.17, 15) is 13.9 Å². The molecule has 0 saturated carbocycles. The summed E-state index contributed by atoms with van der Waals surface area (Å²) in [5.41, 5.74) is 6.06. The first-order valence-corrected chi connectivity index (χ1v) is 5.79. The normalized spacial score (nSPS) is 12.8. The van der Waals surface area contributed by atoms with Crippen molar-refractivity contribution in [1.29, 1.82) is 0 Å². The molecule has 0 aromatic heterocycles. The predicted molar refractivity (Wildman–Crippen MR) is 83.6 cm³/mol. The van der Waals surface area contributed by atoms with Crippen LogP contribution in [-0.2, 0) is 0 Å². The molecule has 0 fully saturated rings. The van der Waals surface area contributed by atoms with Crippen LogP contribution in [0.15, 0.2) is 29.3 Å². The minimum absolute atomic E-state index is 0. The lowest BCUT2D eigenvalue weighted by Gasteiger charge is -2.10. The maximum atomic E-state index is 12.0. The first-order valence-electron chi connectivity index (χ1n) is 5.79. The van der Waals surface area contributed by atoms with Gasteiger partial charge in [-0.05, 0) is 24.6 Å². The van der Waals surface area contributed by atoms with Crippen molar-refractivity contribution in [3.8, 4) is 5.75 Å². The SMILES string of the molecule is CCNC(N)=NCC(O)c1ccc(OC(F)F)cc1.I. The second-order valence-electron chi connectivity index (χ2n) is 3.72. The molecule has 0 radical (unpaired) electrons. The standard InChI is InChI=1S/C12H17F2N3O2.HI/c1-2-16-12(15)17-7-10(18)8-3-5-9(6-4-8)19-11(13)14;/h3-6,10-11,18H,2,7H2,1H3,(H3,15,16,17);1H. The third-order valence-corrected chi connectivity index (χ3v) is 2.28. The number of nitrogens with zero attached hydrogens (tertiary/aromatic N) is 1. The number of aliphatic hydroxyl groups is 1. The van der Waals surface area contributed by atoms with Crippen molar-refractivity contribution in [2.75, 3.05) is 13.1 Å². The van der Waals surface area contributed by atoms with Crippen LogP contribution in [-0.4, -0.2) is 30.8 Å². The number of nitrogens with one attached hydrogen (secondary N) is 1. The third-order valence-electron chi connectivity index (χ3n) is 2.28. The molecule has 0 spiro atoms. The van der Waals surface area contributed by atoms with Crippen molar-refractivity contribution in [2.24, 2.45) is 10.7 Å². The zero-order valence-electron chi connectivity index (χ0n) is 10.9. The molecule has 1 atom stereocenters. The van der Waals surface area contributed by atoms with E-state index in [0.29, 0.717) is 12.1 Å². The van der Waals surface area contributed by atoms with Gasteiger partial charge in [-0.3, -0.25) is 4.99 Å². The Bertz CT molecular complexity index is 416. The second-order valence-corrected chi connectivity index (χ2v) is 3.72. The first kappa shape index (κ1) is 18.8. The minimum atomic E-state index is -2.86. The van der Waals surface area contributed by atoms with Crippen LogP contribution in [0.3, 0.4) is 0 Å². The summed E-state index contributed by atoms with van der Waals surface area (Å²) in [5.74, 6) is 0.292. The number of alkyl halides is 2. The molecule has 114 valence electrons. The zero-order valence-corrected chi connectivity index (χ0v) is 13.3. The zero-order chi connectivity index (χ0) is 14.3. The van der Waals surface area contributed by atoms with Gasteiger partial charge >= 0.3 is 6.61 Å². The van der Waals surface area contributed by atoms with Gasteiger partial charge in [0.25, 0.3) is 0 Å². The molecule has 0 aliphatic rings. The summed E-state index contributed by atoms with van der Waals surface area (Å²) < 4.78 is 28.1. The number of hydrogen-bond donors (Lipinski definition) is 3. The molecule has 20 heavy (non-hydrogen) atoms. The molecule has 0 aliphatic heterocycles. The smallest absolute Gasteiger partial charge is 0.387 e. The molecular formula is C12H18F2IN3O2. The molecule has 1 aromatic carbocycles. The van der Waals surface area contributed by atoms with E-state index in [4.69, 9.17) is 5.73 Å². The summed E-state index contributed by atoms with van der Waals surface area (Å²) in [6, 6.07) is 5.73. The summed E-state index contributed by atoms with van der Waals surface area (Å²) in [6.45, 7) is -0.250. The molecule has 8 heteroatoms. The average molecular weight is 401 g/mol. The number of rotatable bonds is 6. The van der Waals surface area contributed by atoms with Crippen LogP contribution in [0.1, 0.15) is 18.6 Å². The molecule has 0 heterocycles. The largest absolute Gasteiger partial charge is 0.435 e. The Balaban J connectivity index is 0.00000361. The number of benzene rings is 1. The highest BCUT2D eigenvalue weighted by Gasteiger charge is 2.08. The molecule has 0 amide bonds. The Morgan fingerprint density at radius 1 is 1.40 bits per heavy atom. The quantitative estimate of drug-likeness (QED) is 0.386. The summed E-state index contributed by atoms with van der Waals surface area (Å²) in [6.07, 6.45) is -0.849. The van der Waals surface area contributed by atoms with Crippen LogP contribution in [0.25, 0.3) is 0 Å². The van der Waals surface area contributed by atoms with E-state index < -0.39 is 12.7 Å². The topological polar surface area (TPSA) is 79.9 Å². The fourth-order valence-electron chi connectivity index (χ4n) is 1.40. The molecule has 1 rings (SSSR count). The van der Waals surface area contributed by atoms with Crippen LogP contribution >= 0.6 is 24.0 Å². The molecule has 0 aliphatic carbocycles. The van der Waals surface area contributed by atoms with Gasteiger partial charge < -0.3 is 20.9 Å². The van der Waals surface area contributed by atoms with Gasteiger partial charge in [-0.2, -0.15) is 8.78 Å². The molecule has 5 nitrogen and oxygen atoms in total. The fraction of sp³-hybridized carbons (Fsp3) is 0.417. The maximum absolute atomic E-state index is 12.0. The van der Waals surface area contributed by atoms with Crippen LogP contribution in [0.2, 0.25) is 0 Å². The minimum Gasteiger partial charge on any atom is -0.435 e. The van der Waals surface area contributed by atoms with E-state index >= 15 is 0 Å². The van der Waals surface area contributed by atoms with Crippen molar-refractivity contribution < 1.29 is 18.6 Å². The Morgan fingerprint density at radius 3 is 2.50 bits per heavy atom. The Hall–Kier alpha value is -1.16. The van der Waals surface area contributed by atoms with Crippen LogP contribution in [0.5, 0.6) is 5.75 Å². The Kier molecular flexibility index (Phi) is 9.14. The molecular weight excluding hydrogens is 383 g/mol. The van der Waals surface area contributed by atoms with Gasteiger partial charge in [0.2, 0.25) is 0 Å². The number of aliphatic hydroxyl groups excluding tert-OH is 1. The van der Waals surface area contributed by atoms with Gasteiger partial charge in [0.1, 0.15) is 5.75 Å². The monoisotopic (exact) mass is 401 g/mol. The summed E-state index contributed by atoms with van der Waals surface area (Å²) in [5, 5.41) is 12.6. The van der Waals surface area contributed by atoms with E-state index in [1.54, 1.807) is 0 Å². The number of halogens is 3. The lowest BCUT2D eigenvalue weighted by molar-refractivity contribution is -0.0498. The number of guanidine groups is 1. The Labute approximate surface area is 133 Å². The second kappa shape index (κ2) is 9.70. The van der Waals surface area contributed by atoms with E-state index in [-0.39, 0.29) is 42.2 Å². The lowest BCUT2D eigenvalue weighted by Crippen LogP contribution is -2.31. The lowest BCUT2D eigenvalue weighted by atomic mass is 10.1. The molecule has 1 unspecified atom stereocenters. The highest BCUT2D eigenvalue weighted by Crippen LogP contribution is 2.19. The molecule has 0 bridgehead atoms. The van der Waals surface area contributed by atoms with E-state index in [2.05, 4.69) is 15.0 Å². The van der Waals surface area contributed by atoms with Gasteiger partial charge in [-0.15, -0.1) is 24.0 Å². The summed E-state index contributed by atoms with van der Waals surface area (Å²) in [7, 11) is 0. The van der Waals surface area contributed by atoms with Gasteiger partial charge in [0.15, 0.2) is 5.96 Å². The number of ether oxygens (including phenoxy) is 1. The molecule has 0 saturated heterocycles. The van der Waals surface area contributed by atoms with E-state index in [1.165, 1.54) is 24.3 Å². The van der Waals surface area contributed by atoms with Crippen molar-refractivity contribution >= 4 is 29.9 Å². The van der Waals surface area contributed by atoms with Crippen LogP contribution in [0, 0.1) is 0 Å². The van der Waals surface area contributed by atoms with Gasteiger partial charge in [-0.25, -0.2) is 0 Å². The average Bonchev–Trinajstić information content (AvgIpc) is 2.36. The fourth-order valence-corrected chi connectivity index (χ4v) is 1.40. The van der Waals surface area contributed by atoms with Crippen molar-refractivity contribution in [2.45, 2.75) is 19.6 Å². The third kappa shape index (κ3) is 6.85. The van der Waals surface area contributed by atoms with E-state index in [1.807, 2.05) is 6.92 Å². The van der Waals surface area contributed by atoms with E-state index in [0.717, 1.165) is 0 Å². The number of hydrogen-bond acceptors (Lipinski definition) is 3. The van der Waals surface area contributed by atoms with Gasteiger partial charge in [0.05, 0.1) is 12.6 Å². The summed E-state index contributed by atoms with van der Waals surface area (Å²) in [4.78, 5) is 3.94. The number of aliphatic imine (C=N–C) groups is 1. The van der Waals surface area contributed by atoms with Crippen molar-refractivity contribution in [3.63, 3.8) is 0 Å². The maximum Gasteiger partial charge on any atom is 0.387 e. The highest BCUT2D eigenvalue weighted by molar-refractivity contribution is 14.0. The van der Waals surface area contributed by atoms with Crippen LogP contribution in [0.4, 0.5) is 8.78 Å². The molecule has 4 N–H and O–H groups in total. The highest BCUT2D eigenvalue weighted by atomic mass is 127. The first-order chi connectivity index (χ1) is 9.02. The van der Waals surface area contributed by atoms with Crippen molar-refractivity contribution in [1.82, 2.24) is 5.32 Å². The van der Waals surface area contributed by atoms with Crippen molar-refractivity contribution in [3.05, 3.63) is 29.8 Å². The Morgan fingerprint density at radius 2 is 2.00 bits per heavy atom. The summed E-state index contributed by atoms with van der Waals surface area (Å²) >= 11 is 0. The van der Waals surface area contributed by atoms with Crippen LogP contribution < -0.4 is 15.8 Å². The predicted octanol–water partition coefficient (Wildman–Crippen LogP) is 1.86.